The van der Waals surface area contributed by atoms with Crippen molar-refractivity contribution in [2.24, 2.45) is 5.92 Å². The number of fused-ring (bicyclic) bond motifs is 1. The number of hydrogen-bond acceptors (Lipinski definition) is 2. The lowest BCUT2D eigenvalue weighted by Gasteiger charge is -2.40. The standard InChI is InChI=1S/C8H10Br2N2O2/c9-3-1-4-6(5(10)2-3)11-8(14)12-7(4)13/h3-6H,1-2H2,(H2,11,12,13,14). The molecule has 1 aliphatic carbocycles. The van der Waals surface area contributed by atoms with Crippen molar-refractivity contribution in [2.45, 2.75) is 28.5 Å². The molecule has 14 heavy (non-hydrogen) atoms. The molecule has 1 aliphatic heterocycles. The van der Waals surface area contributed by atoms with Gasteiger partial charge in [-0.2, -0.15) is 0 Å². The molecule has 0 aromatic carbocycles. The number of hydrogen-bond donors (Lipinski definition) is 2. The average molecular weight is 326 g/mol. The highest BCUT2D eigenvalue weighted by Gasteiger charge is 2.43. The van der Waals surface area contributed by atoms with Crippen molar-refractivity contribution in [1.82, 2.24) is 10.6 Å². The molecule has 6 heteroatoms. The van der Waals surface area contributed by atoms with Gasteiger partial charge in [-0.3, -0.25) is 10.1 Å². The molecule has 3 amide bonds. The van der Waals surface area contributed by atoms with E-state index in [0.29, 0.717) is 4.83 Å². The monoisotopic (exact) mass is 324 g/mol. The molecule has 4 unspecified atom stereocenters. The molecule has 1 saturated heterocycles. The van der Waals surface area contributed by atoms with Crippen LogP contribution in [0.1, 0.15) is 12.8 Å². The fourth-order valence-corrected chi connectivity index (χ4v) is 4.27. The number of nitrogens with one attached hydrogen (secondary N) is 2. The molecule has 78 valence electrons. The maximum atomic E-state index is 11.5. The van der Waals surface area contributed by atoms with E-state index < -0.39 is 0 Å². The highest BCUT2D eigenvalue weighted by Crippen LogP contribution is 2.34. The third-order valence-corrected chi connectivity index (χ3v) is 4.38. The fraction of sp³-hybridized carbons (Fsp3) is 0.750. The summed E-state index contributed by atoms with van der Waals surface area (Å²) < 4.78 is 0. The number of urea groups is 1. The number of alkyl halides is 2. The summed E-state index contributed by atoms with van der Waals surface area (Å²) in [6.07, 6.45) is 1.70. The van der Waals surface area contributed by atoms with Gasteiger partial charge in [0.25, 0.3) is 0 Å². The van der Waals surface area contributed by atoms with Crippen LogP contribution in [0.5, 0.6) is 0 Å². The van der Waals surface area contributed by atoms with E-state index in [2.05, 4.69) is 42.5 Å². The second kappa shape index (κ2) is 3.81. The molecule has 1 saturated carbocycles. The van der Waals surface area contributed by atoms with E-state index in [1.54, 1.807) is 0 Å². The van der Waals surface area contributed by atoms with Crippen LogP contribution in [0.2, 0.25) is 0 Å². The maximum Gasteiger partial charge on any atom is 0.321 e. The number of amides is 3. The van der Waals surface area contributed by atoms with E-state index in [4.69, 9.17) is 0 Å². The summed E-state index contributed by atoms with van der Waals surface area (Å²) in [6, 6.07) is -0.446. The summed E-state index contributed by atoms with van der Waals surface area (Å²) in [5, 5.41) is 5.07. The highest BCUT2D eigenvalue weighted by atomic mass is 79.9. The van der Waals surface area contributed by atoms with E-state index in [1.165, 1.54) is 0 Å². The van der Waals surface area contributed by atoms with Crippen LogP contribution in [0.4, 0.5) is 4.79 Å². The third-order valence-electron chi connectivity index (χ3n) is 2.69. The Morgan fingerprint density at radius 3 is 2.64 bits per heavy atom. The van der Waals surface area contributed by atoms with Crippen LogP contribution in [0.3, 0.4) is 0 Å². The molecule has 4 nitrogen and oxygen atoms in total. The van der Waals surface area contributed by atoms with Crippen molar-refractivity contribution in [1.29, 1.82) is 0 Å². The van der Waals surface area contributed by atoms with E-state index in [1.807, 2.05) is 0 Å². The number of imide groups is 1. The van der Waals surface area contributed by atoms with Crippen LogP contribution < -0.4 is 10.6 Å². The van der Waals surface area contributed by atoms with Crippen molar-refractivity contribution in [3.05, 3.63) is 0 Å². The summed E-state index contributed by atoms with van der Waals surface area (Å²) >= 11 is 7.01. The summed E-state index contributed by atoms with van der Waals surface area (Å²) in [5.41, 5.74) is 0. The molecule has 2 rings (SSSR count). The van der Waals surface area contributed by atoms with Gasteiger partial charge in [0.2, 0.25) is 5.91 Å². The van der Waals surface area contributed by atoms with E-state index in [0.717, 1.165) is 12.8 Å². The minimum Gasteiger partial charge on any atom is -0.333 e. The Labute approximate surface area is 98.4 Å². The minimum atomic E-state index is -0.381. The first kappa shape index (κ1) is 10.4. The van der Waals surface area contributed by atoms with E-state index in [9.17, 15) is 9.59 Å². The van der Waals surface area contributed by atoms with Gasteiger partial charge in [-0.15, -0.1) is 0 Å². The molecular weight excluding hydrogens is 316 g/mol. The van der Waals surface area contributed by atoms with Gasteiger partial charge in [-0.25, -0.2) is 4.79 Å². The molecule has 0 radical (unpaired) electrons. The largest absolute Gasteiger partial charge is 0.333 e. The lowest BCUT2D eigenvalue weighted by molar-refractivity contribution is -0.126. The molecule has 0 aromatic rings. The van der Waals surface area contributed by atoms with Gasteiger partial charge in [0, 0.05) is 9.65 Å². The number of rotatable bonds is 0. The zero-order valence-electron chi connectivity index (χ0n) is 7.30. The Hall–Kier alpha value is -0.100. The first-order valence-electron chi connectivity index (χ1n) is 4.47. The number of carbonyl (C=O) groups excluding carboxylic acids is 2. The molecule has 0 spiro atoms. The predicted octanol–water partition coefficient (Wildman–Crippen LogP) is 1.13. The molecule has 0 aromatic heterocycles. The van der Waals surface area contributed by atoms with Gasteiger partial charge in [0.05, 0.1) is 12.0 Å². The van der Waals surface area contributed by atoms with Crippen LogP contribution >= 0.6 is 31.9 Å². The molecule has 2 N–H and O–H groups in total. The van der Waals surface area contributed by atoms with Crippen LogP contribution in [0, 0.1) is 5.92 Å². The van der Waals surface area contributed by atoms with Gasteiger partial charge in [-0.1, -0.05) is 31.9 Å². The van der Waals surface area contributed by atoms with E-state index in [-0.39, 0.29) is 28.7 Å². The second-order valence-electron chi connectivity index (χ2n) is 3.68. The van der Waals surface area contributed by atoms with Gasteiger partial charge in [0.15, 0.2) is 0 Å². The summed E-state index contributed by atoms with van der Waals surface area (Å²) in [6.45, 7) is 0. The second-order valence-corrected chi connectivity index (χ2v) is 6.15. The van der Waals surface area contributed by atoms with Crippen molar-refractivity contribution < 1.29 is 9.59 Å². The molecule has 4 atom stereocenters. The smallest absolute Gasteiger partial charge is 0.321 e. The topological polar surface area (TPSA) is 58.2 Å². The Morgan fingerprint density at radius 2 is 1.93 bits per heavy atom. The van der Waals surface area contributed by atoms with Crippen molar-refractivity contribution >= 4 is 43.8 Å². The van der Waals surface area contributed by atoms with Crippen LogP contribution in [0.25, 0.3) is 0 Å². The summed E-state index contributed by atoms with van der Waals surface area (Å²) in [4.78, 5) is 23.1. The van der Waals surface area contributed by atoms with Crippen LogP contribution in [-0.2, 0) is 4.79 Å². The minimum absolute atomic E-state index is 0.0648. The van der Waals surface area contributed by atoms with Crippen molar-refractivity contribution in [3.8, 4) is 0 Å². The van der Waals surface area contributed by atoms with Crippen LogP contribution in [0.15, 0.2) is 0 Å². The average Bonchev–Trinajstić information content (AvgIpc) is 2.07. The van der Waals surface area contributed by atoms with Crippen molar-refractivity contribution in [3.63, 3.8) is 0 Å². The molecule has 1 heterocycles. The lowest BCUT2D eigenvalue weighted by atomic mass is 9.82. The van der Waals surface area contributed by atoms with Crippen molar-refractivity contribution in [2.75, 3.05) is 0 Å². The fourth-order valence-electron chi connectivity index (χ4n) is 2.01. The zero-order valence-corrected chi connectivity index (χ0v) is 10.5. The number of carbonyl (C=O) groups is 2. The Kier molecular flexibility index (Phi) is 2.83. The quantitative estimate of drug-likeness (QED) is 0.656. The Bertz CT molecular complexity index is 285. The van der Waals surface area contributed by atoms with E-state index >= 15 is 0 Å². The van der Waals surface area contributed by atoms with Gasteiger partial charge in [0.1, 0.15) is 0 Å². The number of halogens is 2. The summed E-state index contributed by atoms with van der Waals surface area (Å²) in [5.74, 6) is -0.275. The molecule has 2 fully saturated rings. The van der Waals surface area contributed by atoms with Gasteiger partial charge < -0.3 is 5.32 Å². The first-order valence-corrected chi connectivity index (χ1v) is 6.30. The summed E-state index contributed by atoms with van der Waals surface area (Å²) in [7, 11) is 0. The SMILES string of the molecule is O=C1NC(=O)C2CC(Br)CC(Br)C2N1. The normalized spacial score (nSPS) is 42.4. The molecular formula is C8H10Br2N2O2. The zero-order chi connectivity index (χ0) is 10.3. The van der Waals surface area contributed by atoms with Gasteiger partial charge >= 0.3 is 6.03 Å². The van der Waals surface area contributed by atoms with Crippen LogP contribution in [-0.4, -0.2) is 27.6 Å². The third kappa shape index (κ3) is 1.82. The Morgan fingerprint density at radius 1 is 1.21 bits per heavy atom. The van der Waals surface area contributed by atoms with Gasteiger partial charge in [-0.05, 0) is 12.8 Å². The molecule has 0 bridgehead atoms. The Balaban J connectivity index is 2.18. The predicted molar refractivity (Wildman–Crippen MR) is 58.6 cm³/mol. The maximum absolute atomic E-state index is 11.5. The first-order chi connectivity index (χ1) is 6.58. The highest BCUT2D eigenvalue weighted by molar-refractivity contribution is 9.10. The lowest BCUT2D eigenvalue weighted by Crippen LogP contribution is -2.63. The molecule has 2 aliphatic rings.